The van der Waals surface area contributed by atoms with E-state index in [4.69, 9.17) is 23.8 Å². The second-order valence-electron chi connectivity index (χ2n) is 19.1. The van der Waals surface area contributed by atoms with Crippen LogP contribution in [0, 0.1) is 0 Å². The molecule has 0 amide bonds. The quantitative estimate of drug-likeness (QED) is 0.152. The van der Waals surface area contributed by atoms with Crippen molar-refractivity contribution in [1.82, 2.24) is 19.5 Å². The fourth-order valence-electron chi connectivity index (χ4n) is 11.1. The Bertz CT molecular complexity index is 4530. The van der Waals surface area contributed by atoms with E-state index in [0.717, 1.165) is 111 Å². The number of nitrogens with zero attached hydrogens (tertiary/aromatic N) is 4. The van der Waals surface area contributed by atoms with E-state index in [1.165, 1.54) is 21.9 Å². The van der Waals surface area contributed by atoms with Gasteiger partial charge in [-0.2, -0.15) is 0 Å². The third-order valence-corrected chi connectivity index (χ3v) is 14.6. The zero-order chi connectivity index (χ0) is 49.4. The molecule has 0 fully saturated rings. The van der Waals surface area contributed by atoms with Crippen molar-refractivity contribution in [1.29, 1.82) is 0 Å². The van der Waals surface area contributed by atoms with Gasteiger partial charge in [0.25, 0.3) is 0 Å². The molecular weight excluding hydrogens is 917 g/mol. The molecular formula is C69H42N4O2. The average Bonchev–Trinajstić information content (AvgIpc) is 4.22. The number of hydrogen-bond donors (Lipinski definition) is 0. The number of para-hydroxylation sites is 2. The van der Waals surface area contributed by atoms with E-state index >= 15 is 0 Å². The molecule has 0 aliphatic heterocycles. The molecule has 0 bridgehead atoms. The molecule has 0 atom stereocenters. The number of benzene rings is 11. The molecule has 4 aromatic heterocycles. The smallest absolute Gasteiger partial charge is 0.164 e. The van der Waals surface area contributed by atoms with Gasteiger partial charge in [0.05, 0.1) is 16.7 Å². The second-order valence-corrected chi connectivity index (χ2v) is 19.1. The Balaban J connectivity index is 1.01. The highest BCUT2D eigenvalue weighted by molar-refractivity contribution is 6.13. The van der Waals surface area contributed by atoms with Crippen LogP contribution in [0.5, 0.6) is 0 Å². The molecule has 0 aliphatic rings. The van der Waals surface area contributed by atoms with E-state index in [0.29, 0.717) is 17.5 Å². The molecule has 75 heavy (non-hydrogen) atoms. The molecule has 4 heterocycles. The molecule has 6 heteroatoms. The minimum atomic E-state index is 0.534. The van der Waals surface area contributed by atoms with E-state index in [1.807, 2.05) is 54.6 Å². The Morgan fingerprint density at radius 2 is 0.627 bits per heavy atom. The van der Waals surface area contributed by atoms with Gasteiger partial charge in [-0.3, -0.25) is 0 Å². The van der Waals surface area contributed by atoms with Crippen LogP contribution < -0.4 is 0 Å². The van der Waals surface area contributed by atoms with Gasteiger partial charge in [-0.05, 0) is 112 Å². The summed E-state index contributed by atoms with van der Waals surface area (Å²) in [6, 6.07) is 89.7. The summed E-state index contributed by atoms with van der Waals surface area (Å²) < 4.78 is 15.2. The van der Waals surface area contributed by atoms with Crippen molar-refractivity contribution < 1.29 is 8.83 Å². The van der Waals surface area contributed by atoms with Gasteiger partial charge in [-0.25, -0.2) is 15.0 Å². The fraction of sp³-hybridized carbons (Fsp3) is 0. The van der Waals surface area contributed by atoms with Crippen LogP contribution in [0.3, 0.4) is 0 Å². The third-order valence-electron chi connectivity index (χ3n) is 14.6. The molecule has 0 unspecified atom stereocenters. The maximum absolute atomic E-state index is 6.44. The Morgan fingerprint density at radius 1 is 0.240 bits per heavy atom. The maximum Gasteiger partial charge on any atom is 0.164 e. The van der Waals surface area contributed by atoms with E-state index in [-0.39, 0.29) is 0 Å². The van der Waals surface area contributed by atoms with Crippen LogP contribution in [0.2, 0.25) is 0 Å². The van der Waals surface area contributed by atoms with Crippen LogP contribution in [0.25, 0.3) is 150 Å². The SMILES string of the molecule is c1ccc(-c2ccc3c(c2)c2cc(-c4ccccc4)ccc2n3-c2c(-c3ccccc3)cc(-c3nc(-c4ccc5c(c4)oc4ccccc45)nc(-c4ccc5oc6ccccc6c5c4)n3)cc2-c2ccccc2)cc1. The van der Waals surface area contributed by atoms with Gasteiger partial charge in [0.15, 0.2) is 17.5 Å². The summed E-state index contributed by atoms with van der Waals surface area (Å²) in [5.41, 5.74) is 17.9. The lowest BCUT2D eigenvalue weighted by Crippen LogP contribution is -2.04. The van der Waals surface area contributed by atoms with Gasteiger partial charge in [0.2, 0.25) is 0 Å². The van der Waals surface area contributed by atoms with E-state index < -0.39 is 0 Å². The van der Waals surface area contributed by atoms with Crippen molar-refractivity contribution in [2.24, 2.45) is 0 Å². The van der Waals surface area contributed by atoms with Crippen molar-refractivity contribution in [2.45, 2.75) is 0 Å². The Morgan fingerprint density at radius 3 is 1.17 bits per heavy atom. The lowest BCUT2D eigenvalue weighted by molar-refractivity contribution is 0.668. The Hall–Kier alpha value is -10.2. The molecule has 15 rings (SSSR count). The number of furan rings is 2. The summed E-state index contributed by atoms with van der Waals surface area (Å²) in [6.45, 7) is 0. The minimum absolute atomic E-state index is 0.534. The van der Waals surface area contributed by atoms with Crippen LogP contribution in [0.4, 0.5) is 0 Å². The average molecular weight is 959 g/mol. The fourth-order valence-corrected chi connectivity index (χ4v) is 11.1. The number of aromatic nitrogens is 4. The van der Waals surface area contributed by atoms with Crippen molar-refractivity contribution >= 4 is 65.7 Å². The summed E-state index contributed by atoms with van der Waals surface area (Å²) in [5, 5.41) is 6.47. The van der Waals surface area contributed by atoms with Crippen LogP contribution in [0.1, 0.15) is 0 Å². The predicted octanol–water partition coefficient (Wildman–Crippen LogP) is 18.4. The highest BCUT2D eigenvalue weighted by atomic mass is 16.3. The van der Waals surface area contributed by atoms with Crippen LogP contribution in [0.15, 0.2) is 264 Å². The zero-order valence-electron chi connectivity index (χ0n) is 40.4. The van der Waals surface area contributed by atoms with E-state index in [2.05, 4.69) is 205 Å². The molecule has 6 nitrogen and oxygen atoms in total. The first-order chi connectivity index (χ1) is 37.1. The van der Waals surface area contributed by atoms with Crippen LogP contribution >= 0.6 is 0 Å². The highest BCUT2D eigenvalue weighted by Crippen LogP contribution is 2.46. The van der Waals surface area contributed by atoms with Crippen molar-refractivity contribution in [3.05, 3.63) is 255 Å². The molecule has 0 radical (unpaired) electrons. The lowest BCUT2D eigenvalue weighted by atomic mass is 9.92. The Labute approximate surface area is 431 Å². The van der Waals surface area contributed by atoms with Crippen molar-refractivity contribution in [2.75, 3.05) is 0 Å². The number of fused-ring (bicyclic) bond motifs is 9. The van der Waals surface area contributed by atoms with Crippen LogP contribution in [-0.2, 0) is 0 Å². The van der Waals surface area contributed by atoms with Gasteiger partial charge >= 0.3 is 0 Å². The molecule has 0 N–H and O–H groups in total. The molecule has 15 aromatic rings. The van der Waals surface area contributed by atoms with Gasteiger partial charge in [-0.1, -0.05) is 176 Å². The largest absolute Gasteiger partial charge is 0.456 e. The molecule has 0 saturated carbocycles. The lowest BCUT2D eigenvalue weighted by Gasteiger charge is -2.21. The van der Waals surface area contributed by atoms with Crippen LogP contribution in [-0.4, -0.2) is 19.5 Å². The van der Waals surface area contributed by atoms with Crippen molar-refractivity contribution in [3.8, 4) is 84.4 Å². The first-order valence-corrected chi connectivity index (χ1v) is 25.2. The standard InChI is InChI=1S/C69H42N4O2/c1-5-17-43(18-6-1)47-30-34-60-57(37-47)58-38-48(44-19-7-2-8-20-44)31-35-61(58)73(60)66-55(45-21-9-3-10-22-45)40-51(41-56(66)46-23-11-4-12-24-46)69-71-67(49-32-36-64-59(39-49)53-26-14-16-28-63(53)74-64)70-68(72-69)50-29-33-54-52-25-13-15-27-62(52)75-65(54)42-50/h1-42H. The second kappa shape index (κ2) is 17.3. The summed E-state index contributed by atoms with van der Waals surface area (Å²) in [7, 11) is 0. The van der Waals surface area contributed by atoms with Gasteiger partial charge < -0.3 is 13.4 Å². The summed E-state index contributed by atoms with van der Waals surface area (Å²) in [4.78, 5) is 16.1. The molecule has 0 aliphatic carbocycles. The maximum atomic E-state index is 6.44. The molecule has 0 spiro atoms. The topological polar surface area (TPSA) is 69.9 Å². The Kier molecular flexibility index (Phi) is 9.78. The first-order valence-electron chi connectivity index (χ1n) is 25.2. The molecule has 350 valence electrons. The van der Waals surface area contributed by atoms with E-state index in [9.17, 15) is 0 Å². The number of hydrogen-bond acceptors (Lipinski definition) is 5. The van der Waals surface area contributed by atoms with Gasteiger partial charge in [0.1, 0.15) is 22.3 Å². The first kappa shape index (κ1) is 42.5. The summed E-state index contributed by atoms with van der Waals surface area (Å²) >= 11 is 0. The molecule has 0 saturated heterocycles. The monoisotopic (exact) mass is 958 g/mol. The normalized spacial score (nSPS) is 11.7. The zero-order valence-corrected chi connectivity index (χ0v) is 40.4. The number of rotatable bonds is 8. The summed E-state index contributed by atoms with van der Waals surface area (Å²) in [5.74, 6) is 1.62. The van der Waals surface area contributed by atoms with E-state index in [1.54, 1.807) is 0 Å². The summed E-state index contributed by atoms with van der Waals surface area (Å²) in [6.07, 6.45) is 0. The minimum Gasteiger partial charge on any atom is -0.456 e. The highest BCUT2D eigenvalue weighted by Gasteiger charge is 2.24. The predicted molar refractivity (Wildman–Crippen MR) is 307 cm³/mol. The van der Waals surface area contributed by atoms with Gasteiger partial charge in [0, 0.05) is 60.1 Å². The van der Waals surface area contributed by atoms with Crippen molar-refractivity contribution in [3.63, 3.8) is 0 Å². The molecule has 11 aromatic carbocycles. The third kappa shape index (κ3) is 7.22. The van der Waals surface area contributed by atoms with Gasteiger partial charge in [-0.15, -0.1) is 0 Å².